The van der Waals surface area contributed by atoms with E-state index < -0.39 is 0 Å². The second kappa shape index (κ2) is 5.05. The molecule has 0 saturated heterocycles. The highest BCUT2D eigenvalue weighted by Crippen LogP contribution is 2.06. The van der Waals surface area contributed by atoms with E-state index in [0.717, 1.165) is 0 Å². The van der Waals surface area contributed by atoms with E-state index in [1.165, 1.54) is 0 Å². The highest BCUT2D eigenvalue weighted by atomic mass is 16.2. The molecule has 3 heteroatoms. The van der Waals surface area contributed by atoms with E-state index >= 15 is 0 Å². The average molecular weight is 189 g/mol. The van der Waals surface area contributed by atoms with Gasteiger partial charge in [0.05, 0.1) is 5.56 Å². The fourth-order valence-electron chi connectivity index (χ4n) is 1.06. The predicted octanol–water partition coefficient (Wildman–Crippen LogP) is 0.390. The lowest BCUT2D eigenvalue weighted by molar-refractivity contribution is 0.0963. The van der Waals surface area contributed by atoms with Crippen molar-refractivity contribution in [2.75, 3.05) is 13.7 Å². The summed E-state index contributed by atoms with van der Waals surface area (Å²) >= 11 is 0. The van der Waals surface area contributed by atoms with Gasteiger partial charge in [0.2, 0.25) is 0 Å². The molecule has 14 heavy (non-hydrogen) atoms. The van der Waals surface area contributed by atoms with E-state index in [2.05, 4.69) is 17.2 Å². The first-order valence-electron chi connectivity index (χ1n) is 4.20. The van der Waals surface area contributed by atoms with Crippen LogP contribution in [0.5, 0.6) is 0 Å². The lowest BCUT2D eigenvalue weighted by Gasteiger charge is -2.01. The molecule has 0 atom stereocenters. The smallest absolute Gasteiger partial charge is 0.252 e. The standard InChI is InChI=1S/C11H11NO2/c1-12-11(14)10-7-3-2-5-9(10)6-4-8-13/h2-3,5,7,13H,8H2,1H3,(H,12,14). The van der Waals surface area contributed by atoms with Crippen LogP contribution < -0.4 is 5.32 Å². The molecule has 0 aliphatic heterocycles. The number of aliphatic hydroxyl groups is 1. The summed E-state index contributed by atoms with van der Waals surface area (Å²) in [6.45, 7) is -0.206. The molecule has 0 aromatic heterocycles. The van der Waals surface area contributed by atoms with Gasteiger partial charge in [-0.2, -0.15) is 0 Å². The van der Waals surface area contributed by atoms with Crippen LogP contribution in [-0.2, 0) is 0 Å². The van der Waals surface area contributed by atoms with Gasteiger partial charge in [0.1, 0.15) is 6.61 Å². The zero-order chi connectivity index (χ0) is 10.4. The van der Waals surface area contributed by atoms with Gasteiger partial charge in [0.25, 0.3) is 5.91 Å². The number of carbonyl (C=O) groups is 1. The number of aliphatic hydroxyl groups excluding tert-OH is 1. The van der Waals surface area contributed by atoms with Gasteiger partial charge in [-0.05, 0) is 12.1 Å². The number of nitrogens with one attached hydrogen (secondary N) is 1. The summed E-state index contributed by atoms with van der Waals surface area (Å²) in [7, 11) is 1.57. The van der Waals surface area contributed by atoms with Crippen LogP contribution in [0.1, 0.15) is 15.9 Å². The topological polar surface area (TPSA) is 49.3 Å². The molecular formula is C11H11NO2. The zero-order valence-electron chi connectivity index (χ0n) is 7.87. The van der Waals surface area contributed by atoms with Gasteiger partial charge in [-0.3, -0.25) is 4.79 Å². The molecule has 0 radical (unpaired) electrons. The summed E-state index contributed by atoms with van der Waals surface area (Å²) in [6, 6.07) is 7.01. The highest BCUT2D eigenvalue weighted by molar-refractivity contribution is 5.96. The Morgan fingerprint density at radius 1 is 1.50 bits per heavy atom. The summed E-state index contributed by atoms with van der Waals surface area (Å²) in [4.78, 5) is 11.4. The van der Waals surface area contributed by atoms with Crippen molar-refractivity contribution >= 4 is 5.91 Å². The van der Waals surface area contributed by atoms with E-state index in [4.69, 9.17) is 5.11 Å². The molecule has 0 aliphatic rings. The van der Waals surface area contributed by atoms with E-state index in [0.29, 0.717) is 11.1 Å². The maximum Gasteiger partial charge on any atom is 0.252 e. The van der Waals surface area contributed by atoms with Crippen molar-refractivity contribution in [2.45, 2.75) is 0 Å². The largest absolute Gasteiger partial charge is 0.384 e. The number of benzene rings is 1. The monoisotopic (exact) mass is 189 g/mol. The number of rotatable bonds is 1. The Balaban J connectivity index is 3.09. The third-order valence-corrected chi connectivity index (χ3v) is 1.70. The average Bonchev–Trinajstić information content (AvgIpc) is 2.25. The molecule has 2 N–H and O–H groups in total. The Morgan fingerprint density at radius 3 is 2.86 bits per heavy atom. The minimum absolute atomic E-state index is 0.173. The van der Waals surface area contributed by atoms with Crippen molar-refractivity contribution in [1.29, 1.82) is 0 Å². The van der Waals surface area contributed by atoms with Gasteiger partial charge in [-0.15, -0.1) is 0 Å². The highest BCUT2D eigenvalue weighted by Gasteiger charge is 2.06. The second-order valence-electron chi connectivity index (χ2n) is 2.58. The van der Waals surface area contributed by atoms with Crippen LogP contribution in [0.15, 0.2) is 24.3 Å². The first-order valence-corrected chi connectivity index (χ1v) is 4.20. The quantitative estimate of drug-likeness (QED) is 0.628. The molecule has 0 saturated carbocycles. The predicted molar refractivity (Wildman–Crippen MR) is 53.8 cm³/mol. The Morgan fingerprint density at radius 2 is 2.21 bits per heavy atom. The summed E-state index contributed by atoms with van der Waals surface area (Å²) in [6.07, 6.45) is 0. The first-order chi connectivity index (χ1) is 6.79. The fraction of sp³-hybridized carbons (Fsp3) is 0.182. The maximum atomic E-state index is 11.4. The van der Waals surface area contributed by atoms with Gasteiger partial charge in [-0.1, -0.05) is 24.0 Å². The number of hydrogen-bond donors (Lipinski definition) is 2. The first kappa shape index (κ1) is 10.3. The summed E-state index contributed by atoms with van der Waals surface area (Å²) in [5.74, 6) is 5.05. The molecule has 1 aromatic carbocycles. The van der Waals surface area contributed by atoms with E-state index in [9.17, 15) is 4.79 Å². The van der Waals surface area contributed by atoms with Crippen molar-refractivity contribution < 1.29 is 9.90 Å². The normalized spacial score (nSPS) is 8.71. The molecule has 0 fully saturated rings. The third-order valence-electron chi connectivity index (χ3n) is 1.70. The molecule has 1 rings (SSSR count). The van der Waals surface area contributed by atoms with E-state index in [1.54, 1.807) is 31.3 Å². The third kappa shape index (κ3) is 2.35. The Bertz CT molecular complexity index is 388. The van der Waals surface area contributed by atoms with Crippen LogP contribution in [-0.4, -0.2) is 24.7 Å². The fourth-order valence-corrected chi connectivity index (χ4v) is 1.06. The van der Waals surface area contributed by atoms with Crippen molar-refractivity contribution in [3.05, 3.63) is 35.4 Å². The van der Waals surface area contributed by atoms with Crippen LogP contribution in [0.4, 0.5) is 0 Å². The van der Waals surface area contributed by atoms with Crippen LogP contribution in [0.3, 0.4) is 0 Å². The number of amides is 1. The van der Waals surface area contributed by atoms with Gasteiger partial charge in [0, 0.05) is 12.6 Å². The molecule has 72 valence electrons. The van der Waals surface area contributed by atoms with Crippen molar-refractivity contribution in [2.24, 2.45) is 0 Å². The summed E-state index contributed by atoms with van der Waals surface area (Å²) < 4.78 is 0. The zero-order valence-corrected chi connectivity index (χ0v) is 7.87. The van der Waals surface area contributed by atoms with Gasteiger partial charge in [0.15, 0.2) is 0 Å². The second-order valence-corrected chi connectivity index (χ2v) is 2.58. The van der Waals surface area contributed by atoms with Crippen LogP contribution in [0, 0.1) is 11.8 Å². The van der Waals surface area contributed by atoms with Crippen LogP contribution in [0.2, 0.25) is 0 Å². The lowest BCUT2D eigenvalue weighted by atomic mass is 10.1. The molecule has 3 nitrogen and oxygen atoms in total. The van der Waals surface area contributed by atoms with Gasteiger partial charge >= 0.3 is 0 Å². The van der Waals surface area contributed by atoms with E-state index in [1.807, 2.05) is 0 Å². The van der Waals surface area contributed by atoms with E-state index in [-0.39, 0.29) is 12.5 Å². The summed E-state index contributed by atoms with van der Waals surface area (Å²) in [5, 5.41) is 11.1. The van der Waals surface area contributed by atoms with Crippen LogP contribution >= 0.6 is 0 Å². The molecule has 1 aromatic rings. The molecule has 0 heterocycles. The van der Waals surface area contributed by atoms with Crippen molar-refractivity contribution in [3.8, 4) is 11.8 Å². The molecule has 0 unspecified atom stereocenters. The lowest BCUT2D eigenvalue weighted by Crippen LogP contribution is -2.18. The Kier molecular flexibility index (Phi) is 3.71. The van der Waals surface area contributed by atoms with Gasteiger partial charge < -0.3 is 10.4 Å². The van der Waals surface area contributed by atoms with Crippen molar-refractivity contribution in [1.82, 2.24) is 5.32 Å². The molecule has 0 bridgehead atoms. The summed E-state index contributed by atoms with van der Waals surface area (Å²) in [5.41, 5.74) is 1.15. The number of carbonyl (C=O) groups excluding carboxylic acids is 1. The maximum absolute atomic E-state index is 11.4. The molecule has 0 aliphatic carbocycles. The Labute approximate surface area is 82.8 Å². The Hall–Kier alpha value is -1.79. The molecule has 0 spiro atoms. The SMILES string of the molecule is CNC(=O)c1ccccc1C#CCO. The number of hydrogen-bond acceptors (Lipinski definition) is 2. The van der Waals surface area contributed by atoms with Crippen LogP contribution in [0.25, 0.3) is 0 Å². The van der Waals surface area contributed by atoms with Crippen molar-refractivity contribution in [3.63, 3.8) is 0 Å². The minimum atomic E-state index is -0.206. The molecule has 1 amide bonds. The molecular weight excluding hydrogens is 178 g/mol. The minimum Gasteiger partial charge on any atom is -0.384 e. The van der Waals surface area contributed by atoms with Gasteiger partial charge in [-0.25, -0.2) is 0 Å².